The molecule has 0 unspecified atom stereocenters. The molecule has 1 aliphatic rings. The molecule has 0 radical (unpaired) electrons. The van der Waals surface area contributed by atoms with Crippen molar-refractivity contribution in [2.45, 2.75) is 6.36 Å². The standard InChI is InChI=1S/C22H18F3N3O3/c23-22(24,25)31-19-7-2-1-6-17(19)15-4-3-5-16(14-15)18-8-9-26-20(27-18)21(29)28-10-12-30-13-11-28/h1-9,14H,10-13H2. The number of carbonyl (C=O) groups is 1. The molecular formula is C22H18F3N3O3. The lowest BCUT2D eigenvalue weighted by Gasteiger charge is -2.26. The van der Waals surface area contributed by atoms with Gasteiger partial charge in [0.2, 0.25) is 5.82 Å². The number of hydrogen-bond donors (Lipinski definition) is 0. The van der Waals surface area contributed by atoms with Crippen LogP contribution in [0.1, 0.15) is 10.6 Å². The van der Waals surface area contributed by atoms with Crippen LogP contribution in [0.5, 0.6) is 5.75 Å². The number of rotatable bonds is 4. The molecule has 6 nitrogen and oxygen atoms in total. The molecule has 0 atom stereocenters. The average molecular weight is 429 g/mol. The monoisotopic (exact) mass is 429 g/mol. The SMILES string of the molecule is O=C(c1nccc(-c2cccc(-c3ccccc3OC(F)(F)F)c2)n1)N1CCOCC1. The minimum Gasteiger partial charge on any atom is -0.405 e. The van der Waals surface area contributed by atoms with E-state index in [1.165, 1.54) is 18.3 Å². The van der Waals surface area contributed by atoms with Gasteiger partial charge in [-0.15, -0.1) is 13.2 Å². The fourth-order valence-electron chi connectivity index (χ4n) is 3.30. The Morgan fingerprint density at radius 2 is 1.74 bits per heavy atom. The van der Waals surface area contributed by atoms with Gasteiger partial charge >= 0.3 is 6.36 Å². The summed E-state index contributed by atoms with van der Waals surface area (Å²) in [5, 5.41) is 0. The minimum absolute atomic E-state index is 0.0607. The Hall–Kier alpha value is -3.46. The highest BCUT2D eigenvalue weighted by Gasteiger charge is 2.32. The molecule has 1 aliphatic heterocycles. The number of hydrogen-bond acceptors (Lipinski definition) is 5. The third-order valence-electron chi connectivity index (χ3n) is 4.73. The number of nitrogens with zero attached hydrogens (tertiary/aromatic N) is 3. The maximum atomic E-state index is 12.8. The van der Waals surface area contributed by atoms with Gasteiger partial charge < -0.3 is 14.4 Å². The Morgan fingerprint density at radius 1 is 1.00 bits per heavy atom. The Morgan fingerprint density at radius 3 is 2.52 bits per heavy atom. The summed E-state index contributed by atoms with van der Waals surface area (Å²) < 4.78 is 47.7. The lowest BCUT2D eigenvalue weighted by Crippen LogP contribution is -2.41. The van der Waals surface area contributed by atoms with Crippen LogP contribution in [-0.4, -0.2) is 53.4 Å². The molecule has 0 spiro atoms. The molecule has 160 valence electrons. The first kappa shape index (κ1) is 20.8. The van der Waals surface area contributed by atoms with E-state index in [0.29, 0.717) is 48.7 Å². The Balaban J connectivity index is 1.65. The van der Waals surface area contributed by atoms with E-state index in [1.54, 1.807) is 47.4 Å². The van der Waals surface area contributed by atoms with Gasteiger partial charge in [-0.1, -0.05) is 36.4 Å². The molecule has 4 rings (SSSR count). The van der Waals surface area contributed by atoms with Crippen LogP contribution in [0.25, 0.3) is 22.4 Å². The van der Waals surface area contributed by atoms with Gasteiger partial charge in [-0.05, 0) is 23.8 Å². The summed E-state index contributed by atoms with van der Waals surface area (Å²) in [4.78, 5) is 22.8. The number of alkyl halides is 3. The summed E-state index contributed by atoms with van der Waals surface area (Å²) in [7, 11) is 0. The third-order valence-corrected chi connectivity index (χ3v) is 4.73. The normalized spacial score (nSPS) is 14.4. The van der Waals surface area contributed by atoms with Crippen LogP contribution < -0.4 is 4.74 Å². The van der Waals surface area contributed by atoms with E-state index in [2.05, 4.69) is 14.7 Å². The van der Waals surface area contributed by atoms with Crippen LogP contribution in [0, 0.1) is 0 Å². The molecule has 2 heterocycles. The van der Waals surface area contributed by atoms with Crippen LogP contribution in [0.2, 0.25) is 0 Å². The van der Waals surface area contributed by atoms with E-state index in [1.807, 2.05) is 0 Å². The second-order valence-corrected chi connectivity index (χ2v) is 6.79. The quantitative estimate of drug-likeness (QED) is 0.623. The van der Waals surface area contributed by atoms with Crippen molar-refractivity contribution in [1.29, 1.82) is 0 Å². The fraction of sp³-hybridized carbons (Fsp3) is 0.227. The summed E-state index contributed by atoms with van der Waals surface area (Å²) in [6, 6.07) is 14.4. The predicted octanol–water partition coefficient (Wildman–Crippen LogP) is 4.18. The van der Waals surface area contributed by atoms with Crippen molar-refractivity contribution in [3.8, 4) is 28.1 Å². The molecule has 1 amide bonds. The highest BCUT2D eigenvalue weighted by molar-refractivity contribution is 5.91. The van der Waals surface area contributed by atoms with Gasteiger partial charge in [0.25, 0.3) is 5.91 Å². The molecule has 1 saturated heterocycles. The fourth-order valence-corrected chi connectivity index (χ4v) is 3.30. The Labute approximate surface area is 176 Å². The number of morpholine rings is 1. The van der Waals surface area contributed by atoms with Crippen molar-refractivity contribution >= 4 is 5.91 Å². The van der Waals surface area contributed by atoms with Crippen LogP contribution in [-0.2, 0) is 4.74 Å². The highest BCUT2D eigenvalue weighted by Crippen LogP contribution is 2.35. The summed E-state index contributed by atoms with van der Waals surface area (Å²) in [5.41, 5.74) is 1.94. The number of para-hydroxylation sites is 1. The van der Waals surface area contributed by atoms with Gasteiger partial charge in [-0.25, -0.2) is 9.97 Å². The molecule has 9 heteroatoms. The molecule has 0 aliphatic carbocycles. The third kappa shape index (κ3) is 5.00. The summed E-state index contributed by atoms with van der Waals surface area (Å²) >= 11 is 0. The number of halogens is 3. The lowest BCUT2D eigenvalue weighted by molar-refractivity contribution is -0.274. The second-order valence-electron chi connectivity index (χ2n) is 6.79. The zero-order chi connectivity index (χ0) is 21.8. The number of aromatic nitrogens is 2. The van der Waals surface area contributed by atoms with Gasteiger partial charge in [0.15, 0.2) is 0 Å². The molecule has 31 heavy (non-hydrogen) atoms. The van der Waals surface area contributed by atoms with Gasteiger partial charge in [-0.2, -0.15) is 0 Å². The summed E-state index contributed by atoms with van der Waals surface area (Å²) in [6.45, 7) is 1.87. The summed E-state index contributed by atoms with van der Waals surface area (Å²) in [5.74, 6) is -0.520. The Bertz CT molecular complexity index is 1080. The predicted molar refractivity (Wildman–Crippen MR) is 106 cm³/mol. The number of ether oxygens (including phenoxy) is 2. The van der Waals surface area contributed by atoms with Gasteiger partial charge in [-0.3, -0.25) is 4.79 Å². The second kappa shape index (κ2) is 8.73. The van der Waals surface area contributed by atoms with Crippen molar-refractivity contribution < 1.29 is 27.4 Å². The van der Waals surface area contributed by atoms with Gasteiger partial charge in [0, 0.05) is 30.4 Å². The topological polar surface area (TPSA) is 64.5 Å². The number of amides is 1. The number of carbonyl (C=O) groups excluding carboxylic acids is 1. The molecule has 1 aromatic heterocycles. The molecule has 1 fully saturated rings. The largest absolute Gasteiger partial charge is 0.573 e. The first-order valence-electron chi connectivity index (χ1n) is 9.56. The van der Waals surface area contributed by atoms with Crippen LogP contribution >= 0.6 is 0 Å². The Kier molecular flexibility index (Phi) is 5.85. The molecule has 0 bridgehead atoms. The van der Waals surface area contributed by atoms with Gasteiger partial charge in [0.05, 0.1) is 18.9 Å². The zero-order valence-corrected chi connectivity index (χ0v) is 16.3. The van der Waals surface area contributed by atoms with E-state index in [4.69, 9.17) is 4.74 Å². The number of benzene rings is 2. The van der Waals surface area contributed by atoms with Gasteiger partial charge in [0.1, 0.15) is 5.75 Å². The average Bonchev–Trinajstić information content (AvgIpc) is 2.79. The lowest BCUT2D eigenvalue weighted by atomic mass is 10.0. The van der Waals surface area contributed by atoms with E-state index >= 15 is 0 Å². The van der Waals surface area contributed by atoms with Crippen molar-refractivity contribution in [3.05, 3.63) is 66.6 Å². The molecule has 3 aromatic rings. The first-order chi connectivity index (χ1) is 14.9. The highest BCUT2D eigenvalue weighted by atomic mass is 19.4. The van der Waals surface area contributed by atoms with E-state index in [0.717, 1.165) is 0 Å². The van der Waals surface area contributed by atoms with Crippen LogP contribution in [0.15, 0.2) is 60.8 Å². The smallest absolute Gasteiger partial charge is 0.405 e. The van der Waals surface area contributed by atoms with Crippen molar-refractivity contribution in [3.63, 3.8) is 0 Å². The molecule has 0 N–H and O–H groups in total. The molecular weight excluding hydrogens is 411 g/mol. The maximum Gasteiger partial charge on any atom is 0.573 e. The van der Waals surface area contributed by atoms with Crippen molar-refractivity contribution in [2.75, 3.05) is 26.3 Å². The van der Waals surface area contributed by atoms with Crippen LogP contribution in [0.3, 0.4) is 0 Å². The molecule has 2 aromatic carbocycles. The first-order valence-corrected chi connectivity index (χ1v) is 9.56. The van der Waals surface area contributed by atoms with E-state index in [9.17, 15) is 18.0 Å². The molecule has 0 saturated carbocycles. The minimum atomic E-state index is -4.80. The van der Waals surface area contributed by atoms with E-state index < -0.39 is 6.36 Å². The van der Waals surface area contributed by atoms with Crippen molar-refractivity contribution in [2.24, 2.45) is 0 Å². The maximum absolute atomic E-state index is 12.8. The zero-order valence-electron chi connectivity index (χ0n) is 16.3. The van der Waals surface area contributed by atoms with E-state index in [-0.39, 0.29) is 17.5 Å². The summed E-state index contributed by atoms with van der Waals surface area (Å²) in [6.07, 6.45) is -3.31. The van der Waals surface area contributed by atoms with Crippen LogP contribution in [0.4, 0.5) is 13.2 Å². The van der Waals surface area contributed by atoms with Crippen molar-refractivity contribution in [1.82, 2.24) is 14.9 Å².